The Balaban J connectivity index is 2.18. The first-order valence-electron chi connectivity index (χ1n) is 4.92. The topological polar surface area (TPSA) is 119 Å². The van der Waals surface area contributed by atoms with Crippen molar-refractivity contribution >= 4 is 22.8 Å². The Hall–Kier alpha value is -2.70. The summed E-state index contributed by atoms with van der Waals surface area (Å²) in [5.74, 6) is 1.47. The highest BCUT2D eigenvalue weighted by molar-refractivity contribution is 5.84. The average Bonchev–Trinajstić information content (AvgIpc) is 2.75. The lowest BCUT2D eigenvalue weighted by atomic mass is 10.3. The number of imidazole rings is 1. The zero-order valence-corrected chi connectivity index (χ0v) is 8.75. The van der Waals surface area contributed by atoms with E-state index in [4.69, 9.17) is 11.5 Å². The lowest BCUT2D eigenvalue weighted by Crippen LogP contribution is -1.91. The monoisotopic (exact) mass is 227 g/mol. The molecule has 0 aliphatic heterocycles. The molecule has 0 aliphatic carbocycles. The minimum absolute atomic E-state index is 0.372. The van der Waals surface area contributed by atoms with E-state index in [9.17, 15) is 0 Å². The Morgan fingerprint density at radius 2 is 1.94 bits per heavy atom. The third-order valence-electron chi connectivity index (χ3n) is 2.38. The van der Waals surface area contributed by atoms with Gasteiger partial charge in [-0.05, 0) is 12.1 Å². The normalized spacial score (nSPS) is 10.8. The van der Waals surface area contributed by atoms with Crippen LogP contribution >= 0.6 is 0 Å². The quantitative estimate of drug-likeness (QED) is 0.559. The molecule has 5 N–H and O–H groups in total. The fourth-order valence-electron chi connectivity index (χ4n) is 1.53. The van der Waals surface area contributed by atoms with Crippen LogP contribution in [0, 0.1) is 0 Å². The van der Waals surface area contributed by atoms with Crippen molar-refractivity contribution in [2.24, 2.45) is 0 Å². The molecule has 84 valence electrons. The van der Waals surface area contributed by atoms with Gasteiger partial charge in [-0.15, -0.1) is 0 Å². The number of anilines is 2. The number of rotatable bonds is 1. The zero-order valence-electron chi connectivity index (χ0n) is 8.75. The Morgan fingerprint density at radius 1 is 1.06 bits per heavy atom. The van der Waals surface area contributed by atoms with Gasteiger partial charge in [-0.1, -0.05) is 0 Å². The third-order valence-corrected chi connectivity index (χ3v) is 2.38. The summed E-state index contributed by atoms with van der Waals surface area (Å²) in [4.78, 5) is 19.3. The van der Waals surface area contributed by atoms with Crippen molar-refractivity contribution in [1.82, 2.24) is 24.9 Å². The van der Waals surface area contributed by atoms with E-state index in [0.717, 1.165) is 5.56 Å². The standard InChI is InChI=1S/C10H9N7/c11-6-2-1-5(3-13-6)9-16-7-8(12)14-4-15-10(7)17-9/h1-4H,(H2,11,13)(H3,12,14,15,16,17). The molecule has 3 aromatic heterocycles. The number of nitrogens with one attached hydrogen (secondary N) is 1. The Morgan fingerprint density at radius 3 is 2.65 bits per heavy atom. The van der Waals surface area contributed by atoms with Gasteiger partial charge in [0.05, 0.1) is 0 Å². The van der Waals surface area contributed by atoms with Gasteiger partial charge in [0.15, 0.2) is 11.5 Å². The lowest BCUT2D eigenvalue weighted by Gasteiger charge is -1.95. The van der Waals surface area contributed by atoms with Crippen LogP contribution in [0.15, 0.2) is 24.7 Å². The van der Waals surface area contributed by atoms with E-state index < -0.39 is 0 Å². The van der Waals surface area contributed by atoms with Gasteiger partial charge in [0, 0.05) is 11.8 Å². The van der Waals surface area contributed by atoms with E-state index in [1.54, 1.807) is 12.3 Å². The Kier molecular flexibility index (Phi) is 1.91. The number of hydrogen-bond donors (Lipinski definition) is 3. The van der Waals surface area contributed by atoms with Crippen LogP contribution in [0.25, 0.3) is 22.6 Å². The molecule has 17 heavy (non-hydrogen) atoms. The van der Waals surface area contributed by atoms with Crippen LogP contribution in [0.4, 0.5) is 11.6 Å². The molecule has 0 aliphatic rings. The molecule has 0 fully saturated rings. The number of aromatic nitrogens is 5. The molecule has 3 heterocycles. The van der Waals surface area contributed by atoms with Gasteiger partial charge < -0.3 is 16.5 Å². The van der Waals surface area contributed by atoms with Gasteiger partial charge in [0.2, 0.25) is 0 Å². The van der Waals surface area contributed by atoms with Gasteiger partial charge in [0.1, 0.15) is 23.5 Å². The maximum absolute atomic E-state index is 5.71. The minimum Gasteiger partial charge on any atom is -0.384 e. The summed E-state index contributed by atoms with van der Waals surface area (Å²) < 4.78 is 0. The summed E-state index contributed by atoms with van der Waals surface area (Å²) in [5.41, 5.74) is 13.2. The van der Waals surface area contributed by atoms with Crippen molar-refractivity contribution in [1.29, 1.82) is 0 Å². The van der Waals surface area contributed by atoms with Crippen molar-refractivity contribution in [2.45, 2.75) is 0 Å². The second-order valence-electron chi connectivity index (χ2n) is 3.51. The van der Waals surface area contributed by atoms with Crippen LogP contribution in [0.5, 0.6) is 0 Å². The smallest absolute Gasteiger partial charge is 0.183 e. The second kappa shape index (κ2) is 3.41. The summed E-state index contributed by atoms with van der Waals surface area (Å²) in [5, 5.41) is 0. The molecule has 3 aromatic rings. The zero-order chi connectivity index (χ0) is 11.8. The van der Waals surface area contributed by atoms with Crippen molar-refractivity contribution in [3.05, 3.63) is 24.7 Å². The average molecular weight is 227 g/mol. The van der Waals surface area contributed by atoms with Crippen LogP contribution in [-0.4, -0.2) is 24.9 Å². The van der Waals surface area contributed by atoms with E-state index in [0.29, 0.717) is 28.6 Å². The van der Waals surface area contributed by atoms with Crippen LogP contribution in [-0.2, 0) is 0 Å². The minimum atomic E-state index is 0.372. The maximum Gasteiger partial charge on any atom is 0.183 e. The first-order chi connectivity index (χ1) is 8.24. The van der Waals surface area contributed by atoms with E-state index in [-0.39, 0.29) is 0 Å². The van der Waals surface area contributed by atoms with E-state index in [1.165, 1.54) is 6.33 Å². The second-order valence-corrected chi connectivity index (χ2v) is 3.51. The molecule has 7 heteroatoms. The van der Waals surface area contributed by atoms with Gasteiger partial charge in [-0.3, -0.25) is 0 Å². The molecule has 0 unspecified atom stereocenters. The van der Waals surface area contributed by atoms with Gasteiger partial charge >= 0.3 is 0 Å². The molecule has 3 rings (SSSR count). The Labute approximate surface area is 95.9 Å². The predicted molar refractivity (Wildman–Crippen MR) is 63.7 cm³/mol. The van der Waals surface area contributed by atoms with Crippen molar-refractivity contribution < 1.29 is 0 Å². The fraction of sp³-hybridized carbons (Fsp3) is 0. The molecular weight excluding hydrogens is 218 g/mol. The number of aromatic amines is 1. The number of nitrogens with zero attached hydrogens (tertiary/aromatic N) is 4. The summed E-state index contributed by atoms with van der Waals surface area (Å²) >= 11 is 0. The SMILES string of the molecule is Nc1ccc(-c2nc3ncnc(N)c3[nH]2)cn1. The summed E-state index contributed by atoms with van der Waals surface area (Å²) in [7, 11) is 0. The first-order valence-corrected chi connectivity index (χ1v) is 4.92. The van der Waals surface area contributed by atoms with Gasteiger partial charge in [-0.25, -0.2) is 19.9 Å². The molecule has 0 aromatic carbocycles. The van der Waals surface area contributed by atoms with Crippen LogP contribution in [0.1, 0.15) is 0 Å². The number of fused-ring (bicyclic) bond motifs is 1. The van der Waals surface area contributed by atoms with Crippen LogP contribution < -0.4 is 11.5 Å². The predicted octanol–water partition coefficient (Wildman–Crippen LogP) is 0.579. The highest BCUT2D eigenvalue weighted by atomic mass is 15.0. The highest BCUT2D eigenvalue weighted by Crippen LogP contribution is 2.20. The van der Waals surface area contributed by atoms with E-state index >= 15 is 0 Å². The molecule has 0 atom stereocenters. The number of H-pyrrole nitrogens is 1. The molecule has 0 spiro atoms. The van der Waals surface area contributed by atoms with E-state index in [2.05, 4.69) is 24.9 Å². The van der Waals surface area contributed by atoms with E-state index in [1.807, 2.05) is 6.07 Å². The molecule has 0 saturated heterocycles. The van der Waals surface area contributed by atoms with Crippen molar-refractivity contribution in [2.75, 3.05) is 11.5 Å². The first kappa shape index (κ1) is 9.52. The molecule has 0 bridgehead atoms. The fourth-order valence-corrected chi connectivity index (χ4v) is 1.53. The lowest BCUT2D eigenvalue weighted by molar-refractivity contribution is 1.21. The number of nitrogens with two attached hydrogens (primary N) is 2. The third kappa shape index (κ3) is 1.53. The molecule has 0 amide bonds. The van der Waals surface area contributed by atoms with Crippen LogP contribution in [0.3, 0.4) is 0 Å². The maximum atomic E-state index is 5.71. The summed E-state index contributed by atoms with van der Waals surface area (Å²) in [6, 6.07) is 3.53. The highest BCUT2D eigenvalue weighted by Gasteiger charge is 2.08. The van der Waals surface area contributed by atoms with Gasteiger partial charge in [-0.2, -0.15) is 0 Å². The van der Waals surface area contributed by atoms with Crippen molar-refractivity contribution in [3.8, 4) is 11.4 Å². The molecule has 0 saturated carbocycles. The molecule has 7 nitrogen and oxygen atoms in total. The van der Waals surface area contributed by atoms with Crippen molar-refractivity contribution in [3.63, 3.8) is 0 Å². The number of nitrogen functional groups attached to an aromatic ring is 2. The number of hydrogen-bond acceptors (Lipinski definition) is 6. The summed E-state index contributed by atoms with van der Waals surface area (Å²) in [6.07, 6.45) is 3.01. The summed E-state index contributed by atoms with van der Waals surface area (Å²) in [6.45, 7) is 0. The molecule has 0 radical (unpaired) electrons. The van der Waals surface area contributed by atoms with Gasteiger partial charge in [0.25, 0.3) is 0 Å². The Bertz CT molecular complexity index is 671. The van der Waals surface area contributed by atoms with Crippen LogP contribution in [0.2, 0.25) is 0 Å². The molecular formula is C10H9N7. The number of pyridine rings is 1. The largest absolute Gasteiger partial charge is 0.384 e.